The number of ether oxygens (including phenoxy) is 1. The standard InChI is InChI=1S/C18H24N4O4.ClH/c1-18(2,25)14-9-19-20-22(14)13-11-21(10-12-7-5-4-6-8-12)15(17(23)24)16(13)26-3;/h4-9,13,15-16,25H,10-11H2,1-3H3,(H,23,24);1H/t13-,15+,16+;/m1./s1. The van der Waals surface area contributed by atoms with Crippen LogP contribution < -0.4 is 0 Å². The van der Waals surface area contributed by atoms with Crippen LogP contribution in [-0.4, -0.2) is 61.9 Å². The van der Waals surface area contributed by atoms with Gasteiger partial charge in [-0.05, 0) is 19.4 Å². The number of carboxylic acids is 1. The molecule has 0 aliphatic carbocycles. The summed E-state index contributed by atoms with van der Waals surface area (Å²) < 4.78 is 7.16. The van der Waals surface area contributed by atoms with Crippen LogP contribution in [0.5, 0.6) is 0 Å². The number of methoxy groups -OCH3 is 1. The molecule has 1 aromatic heterocycles. The van der Waals surface area contributed by atoms with Gasteiger partial charge in [-0.3, -0.25) is 9.69 Å². The minimum absolute atomic E-state index is 0. The van der Waals surface area contributed by atoms with Gasteiger partial charge in [0, 0.05) is 20.2 Å². The number of aliphatic carboxylic acids is 1. The van der Waals surface area contributed by atoms with Crippen molar-refractivity contribution in [1.29, 1.82) is 0 Å². The second kappa shape index (κ2) is 8.35. The van der Waals surface area contributed by atoms with Crippen LogP contribution in [-0.2, 0) is 21.7 Å². The van der Waals surface area contributed by atoms with E-state index in [4.69, 9.17) is 4.74 Å². The molecular weight excluding hydrogens is 372 g/mol. The number of aromatic nitrogens is 3. The van der Waals surface area contributed by atoms with Gasteiger partial charge >= 0.3 is 5.97 Å². The first-order chi connectivity index (χ1) is 12.3. The summed E-state index contributed by atoms with van der Waals surface area (Å²) in [6.45, 7) is 4.21. The molecule has 3 atom stereocenters. The summed E-state index contributed by atoms with van der Waals surface area (Å²) in [5, 5.41) is 28.2. The number of halogens is 1. The Labute approximate surface area is 164 Å². The maximum atomic E-state index is 12.0. The lowest BCUT2D eigenvalue weighted by Gasteiger charge is -2.25. The predicted octanol–water partition coefficient (Wildman–Crippen LogP) is 1.45. The Bertz CT molecular complexity index is 762. The second-order valence-electron chi connectivity index (χ2n) is 7.09. The van der Waals surface area contributed by atoms with Crippen molar-refractivity contribution in [2.24, 2.45) is 0 Å². The number of benzene rings is 1. The van der Waals surface area contributed by atoms with Gasteiger partial charge in [-0.1, -0.05) is 35.5 Å². The monoisotopic (exact) mass is 396 g/mol. The first kappa shape index (κ1) is 21.3. The minimum Gasteiger partial charge on any atom is -0.480 e. The molecule has 1 saturated heterocycles. The topological polar surface area (TPSA) is 101 Å². The van der Waals surface area contributed by atoms with Gasteiger partial charge in [-0.15, -0.1) is 17.5 Å². The first-order valence-corrected chi connectivity index (χ1v) is 8.49. The number of hydrogen-bond donors (Lipinski definition) is 2. The number of rotatable bonds is 6. The van der Waals surface area contributed by atoms with Crippen LogP contribution in [0.15, 0.2) is 36.5 Å². The van der Waals surface area contributed by atoms with Gasteiger partial charge in [0.1, 0.15) is 17.7 Å². The third-order valence-electron chi connectivity index (χ3n) is 4.77. The number of nitrogens with zero attached hydrogens (tertiary/aromatic N) is 4. The molecule has 1 aromatic carbocycles. The van der Waals surface area contributed by atoms with Gasteiger partial charge in [-0.2, -0.15) is 0 Å². The van der Waals surface area contributed by atoms with Crippen molar-refractivity contribution in [3.8, 4) is 0 Å². The van der Waals surface area contributed by atoms with E-state index in [1.54, 1.807) is 18.5 Å². The summed E-state index contributed by atoms with van der Waals surface area (Å²) in [5.74, 6) is -0.944. The quantitative estimate of drug-likeness (QED) is 0.762. The second-order valence-corrected chi connectivity index (χ2v) is 7.09. The Balaban J connectivity index is 0.00000261. The molecule has 2 N–H and O–H groups in total. The minimum atomic E-state index is -1.15. The number of likely N-dealkylation sites (tertiary alicyclic amines) is 1. The highest BCUT2D eigenvalue weighted by Crippen LogP contribution is 2.33. The molecule has 8 nitrogen and oxygen atoms in total. The van der Waals surface area contributed by atoms with Crippen LogP contribution in [0.4, 0.5) is 0 Å². The van der Waals surface area contributed by atoms with E-state index in [9.17, 15) is 15.0 Å². The van der Waals surface area contributed by atoms with Gasteiger partial charge in [0.05, 0.1) is 17.9 Å². The van der Waals surface area contributed by atoms with E-state index in [2.05, 4.69) is 10.3 Å². The average Bonchev–Trinajstić information content (AvgIpc) is 3.19. The number of carbonyl (C=O) groups is 1. The van der Waals surface area contributed by atoms with E-state index in [1.165, 1.54) is 13.3 Å². The Morgan fingerprint density at radius 3 is 2.56 bits per heavy atom. The van der Waals surface area contributed by atoms with E-state index < -0.39 is 23.7 Å². The van der Waals surface area contributed by atoms with Crippen molar-refractivity contribution in [3.63, 3.8) is 0 Å². The van der Waals surface area contributed by atoms with E-state index in [0.717, 1.165) is 5.56 Å². The average molecular weight is 397 g/mol. The fourth-order valence-corrected chi connectivity index (χ4v) is 3.58. The van der Waals surface area contributed by atoms with Gasteiger partial charge in [0.2, 0.25) is 0 Å². The molecule has 3 rings (SSSR count). The van der Waals surface area contributed by atoms with Crippen LogP contribution in [0.1, 0.15) is 31.1 Å². The number of carboxylic acid groups (broad SMARTS) is 1. The van der Waals surface area contributed by atoms with Crippen LogP contribution in [0, 0.1) is 0 Å². The summed E-state index contributed by atoms with van der Waals surface area (Å²) in [7, 11) is 1.50. The van der Waals surface area contributed by atoms with E-state index in [0.29, 0.717) is 18.8 Å². The largest absolute Gasteiger partial charge is 0.480 e. The maximum absolute atomic E-state index is 12.0. The normalized spacial score (nSPS) is 23.2. The molecule has 0 spiro atoms. The number of aliphatic hydroxyl groups is 1. The van der Waals surface area contributed by atoms with Gasteiger partial charge in [0.15, 0.2) is 0 Å². The third kappa shape index (κ3) is 4.30. The Morgan fingerprint density at radius 1 is 1.33 bits per heavy atom. The lowest BCUT2D eigenvalue weighted by atomic mass is 10.0. The highest BCUT2D eigenvalue weighted by Gasteiger charge is 2.48. The molecule has 0 radical (unpaired) electrons. The summed E-state index contributed by atoms with van der Waals surface area (Å²) in [6, 6.07) is 8.52. The Kier molecular flexibility index (Phi) is 6.59. The lowest BCUT2D eigenvalue weighted by molar-refractivity contribution is -0.146. The van der Waals surface area contributed by atoms with E-state index >= 15 is 0 Å². The van der Waals surface area contributed by atoms with Crippen LogP contribution in [0.2, 0.25) is 0 Å². The molecule has 1 fully saturated rings. The fourth-order valence-electron chi connectivity index (χ4n) is 3.58. The fraction of sp³-hybridized carbons (Fsp3) is 0.500. The molecule has 0 bridgehead atoms. The highest BCUT2D eigenvalue weighted by molar-refractivity contribution is 5.85. The smallest absolute Gasteiger partial charge is 0.323 e. The molecule has 148 valence electrons. The molecule has 1 aliphatic heterocycles. The van der Waals surface area contributed by atoms with Crippen molar-refractivity contribution in [3.05, 3.63) is 47.8 Å². The summed E-state index contributed by atoms with van der Waals surface area (Å²) in [5.41, 5.74) is 0.402. The van der Waals surface area contributed by atoms with Crippen molar-refractivity contribution in [1.82, 2.24) is 19.9 Å². The zero-order chi connectivity index (χ0) is 18.9. The Morgan fingerprint density at radius 2 is 2.00 bits per heavy atom. The molecule has 0 unspecified atom stereocenters. The maximum Gasteiger partial charge on any atom is 0.323 e. The van der Waals surface area contributed by atoms with E-state index in [1.807, 2.05) is 35.2 Å². The molecular formula is C18H25ClN4O4. The van der Waals surface area contributed by atoms with Crippen molar-refractivity contribution < 1.29 is 19.7 Å². The zero-order valence-corrected chi connectivity index (χ0v) is 16.3. The Hall–Kier alpha value is -2.00. The van der Waals surface area contributed by atoms with Crippen LogP contribution in [0.25, 0.3) is 0 Å². The molecule has 2 heterocycles. The molecule has 27 heavy (non-hydrogen) atoms. The molecule has 9 heteroatoms. The van der Waals surface area contributed by atoms with Crippen LogP contribution >= 0.6 is 12.4 Å². The van der Waals surface area contributed by atoms with Crippen molar-refractivity contribution >= 4 is 18.4 Å². The third-order valence-corrected chi connectivity index (χ3v) is 4.77. The zero-order valence-electron chi connectivity index (χ0n) is 15.5. The first-order valence-electron chi connectivity index (χ1n) is 8.49. The predicted molar refractivity (Wildman–Crippen MR) is 101 cm³/mol. The molecule has 2 aromatic rings. The van der Waals surface area contributed by atoms with Gasteiger partial charge in [0.25, 0.3) is 0 Å². The van der Waals surface area contributed by atoms with Crippen molar-refractivity contribution in [2.75, 3.05) is 13.7 Å². The number of hydrogen-bond acceptors (Lipinski definition) is 6. The summed E-state index contributed by atoms with van der Waals surface area (Å²) in [6.07, 6.45) is 0.890. The van der Waals surface area contributed by atoms with Crippen LogP contribution in [0.3, 0.4) is 0 Å². The van der Waals surface area contributed by atoms with Crippen molar-refractivity contribution in [2.45, 2.75) is 44.2 Å². The van der Waals surface area contributed by atoms with Gasteiger partial charge in [-0.25, -0.2) is 4.68 Å². The molecule has 1 aliphatic rings. The SMILES string of the molecule is CO[C@@H]1[C@@H](C(=O)O)N(Cc2ccccc2)C[C@H]1n1nncc1C(C)(C)O.Cl. The molecule has 0 amide bonds. The van der Waals surface area contributed by atoms with E-state index in [-0.39, 0.29) is 18.4 Å². The van der Waals surface area contributed by atoms with Gasteiger partial charge < -0.3 is 14.9 Å². The lowest BCUT2D eigenvalue weighted by Crippen LogP contribution is -2.43. The highest BCUT2D eigenvalue weighted by atomic mass is 35.5. The summed E-state index contributed by atoms with van der Waals surface area (Å²) >= 11 is 0. The summed E-state index contributed by atoms with van der Waals surface area (Å²) in [4.78, 5) is 13.8. The molecule has 0 saturated carbocycles.